The van der Waals surface area contributed by atoms with Gasteiger partial charge in [0.05, 0.1) is 4.92 Å². The van der Waals surface area contributed by atoms with Crippen LogP contribution in [0.2, 0.25) is 0 Å². The molecular formula is C13H20N4O2. The molecule has 1 fully saturated rings. The van der Waals surface area contributed by atoms with Gasteiger partial charge in [0, 0.05) is 13.1 Å². The fraction of sp³-hybridized carbons (Fsp3) is 0.538. The van der Waals surface area contributed by atoms with E-state index in [1.54, 1.807) is 19.2 Å². The first-order valence-corrected chi connectivity index (χ1v) is 6.52. The van der Waals surface area contributed by atoms with Crippen molar-refractivity contribution in [2.75, 3.05) is 37.8 Å². The van der Waals surface area contributed by atoms with E-state index in [1.807, 2.05) is 6.07 Å². The molecule has 0 radical (unpaired) electrons. The van der Waals surface area contributed by atoms with E-state index < -0.39 is 0 Å². The summed E-state index contributed by atoms with van der Waals surface area (Å²) in [5, 5.41) is 17.4. The van der Waals surface area contributed by atoms with Crippen molar-refractivity contribution in [3.63, 3.8) is 0 Å². The van der Waals surface area contributed by atoms with Crippen molar-refractivity contribution in [3.05, 3.63) is 28.3 Å². The van der Waals surface area contributed by atoms with Crippen LogP contribution < -0.4 is 10.6 Å². The first-order valence-electron chi connectivity index (χ1n) is 6.52. The summed E-state index contributed by atoms with van der Waals surface area (Å²) in [4.78, 5) is 13.2. The average Bonchev–Trinajstić information content (AvgIpc) is 2.40. The molecule has 0 bridgehead atoms. The number of hydrogen-bond acceptors (Lipinski definition) is 5. The molecule has 1 saturated heterocycles. The molecule has 2 N–H and O–H groups in total. The van der Waals surface area contributed by atoms with E-state index in [0.717, 1.165) is 25.9 Å². The molecular weight excluding hydrogens is 244 g/mol. The number of nitro benzene ring substituents is 1. The standard InChI is InChI=1S/C13H20N4O2/c1-14-11-4-3-5-12(13(11)17(18)19)15-10-6-8-16(2)9-7-10/h3-5,10,14-15H,6-9H2,1-2H3. The van der Waals surface area contributed by atoms with Gasteiger partial charge in [0.1, 0.15) is 11.4 Å². The van der Waals surface area contributed by atoms with Crippen LogP contribution in [0, 0.1) is 10.1 Å². The van der Waals surface area contributed by atoms with E-state index in [-0.39, 0.29) is 10.6 Å². The Labute approximate surface area is 112 Å². The number of hydrogen-bond donors (Lipinski definition) is 2. The Bertz CT molecular complexity index is 456. The van der Waals surface area contributed by atoms with Crippen LogP contribution in [-0.2, 0) is 0 Å². The number of piperidine rings is 1. The molecule has 19 heavy (non-hydrogen) atoms. The minimum atomic E-state index is -0.330. The molecule has 0 aromatic heterocycles. The van der Waals surface area contributed by atoms with Gasteiger partial charge in [-0.2, -0.15) is 0 Å². The maximum absolute atomic E-state index is 11.2. The second-order valence-electron chi connectivity index (χ2n) is 4.93. The van der Waals surface area contributed by atoms with Gasteiger partial charge in [0.15, 0.2) is 0 Å². The van der Waals surface area contributed by atoms with Crippen LogP contribution in [0.3, 0.4) is 0 Å². The van der Waals surface area contributed by atoms with Gasteiger partial charge in [0.25, 0.3) is 0 Å². The van der Waals surface area contributed by atoms with E-state index in [4.69, 9.17) is 0 Å². The van der Waals surface area contributed by atoms with E-state index in [1.165, 1.54) is 0 Å². The van der Waals surface area contributed by atoms with Crippen molar-refractivity contribution >= 4 is 17.1 Å². The summed E-state index contributed by atoms with van der Waals surface area (Å²) in [7, 11) is 3.79. The van der Waals surface area contributed by atoms with Gasteiger partial charge in [-0.05, 0) is 45.1 Å². The molecule has 0 spiro atoms. The Balaban J connectivity index is 2.17. The predicted octanol–water partition coefficient (Wildman–Crippen LogP) is 2.14. The minimum Gasteiger partial charge on any atom is -0.382 e. The van der Waals surface area contributed by atoms with Crippen LogP contribution in [0.15, 0.2) is 18.2 Å². The highest BCUT2D eigenvalue weighted by molar-refractivity contribution is 5.76. The lowest BCUT2D eigenvalue weighted by Crippen LogP contribution is -2.36. The topological polar surface area (TPSA) is 70.4 Å². The molecule has 0 atom stereocenters. The van der Waals surface area contributed by atoms with Crippen molar-refractivity contribution in [1.82, 2.24) is 4.90 Å². The lowest BCUT2D eigenvalue weighted by Gasteiger charge is -2.30. The van der Waals surface area contributed by atoms with Crippen molar-refractivity contribution in [3.8, 4) is 0 Å². The monoisotopic (exact) mass is 264 g/mol. The molecule has 6 nitrogen and oxygen atoms in total. The van der Waals surface area contributed by atoms with Crippen LogP contribution in [-0.4, -0.2) is 43.0 Å². The van der Waals surface area contributed by atoms with Gasteiger partial charge in [-0.3, -0.25) is 10.1 Å². The molecule has 0 amide bonds. The van der Waals surface area contributed by atoms with E-state index in [2.05, 4.69) is 22.6 Å². The molecule has 104 valence electrons. The van der Waals surface area contributed by atoms with E-state index >= 15 is 0 Å². The molecule has 1 aromatic carbocycles. The summed E-state index contributed by atoms with van der Waals surface area (Å²) in [6.45, 7) is 2.05. The van der Waals surface area contributed by atoms with Crippen molar-refractivity contribution in [2.45, 2.75) is 18.9 Å². The molecule has 6 heteroatoms. The highest BCUT2D eigenvalue weighted by Gasteiger charge is 2.23. The number of likely N-dealkylation sites (tertiary alicyclic amines) is 1. The zero-order valence-electron chi connectivity index (χ0n) is 11.3. The maximum Gasteiger partial charge on any atom is 0.315 e. The van der Waals surface area contributed by atoms with Gasteiger partial charge in [0.2, 0.25) is 0 Å². The molecule has 0 aliphatic carbocycles. The third-order valence-corrected chi connectivity index (χ3v) is 3.57. The fourth-order valence-corrected chi connectivity index (χ4v) is 2.43. The summed E-state index contributed by atoms with van der Waals surface area (Å²) in [6, 6.07) is 5.63. The first-order chi connectivity index (χ1) is 9.11. The number of nitro groups is 1. The highest BCUT2D eigenvalue weighted by atomic mass is 16.6. The third kappa shape index (κ3) is 3.14. The molecule has 1 aliphatic rings. The molecule has 1 aliphatic heterocycles. The Hall–Kier alpha value is -1.82. The average molecular weight is 264 g/mol. The zero-order valence-corrected chi connectivity index (χ0v) is 11.3. The summed E-state index contributed by atoms with van der Waals surface area (Å²) in [6.07, 6.45) is 2.02. The van der Waals surface area contributed by atoms with Gasteiger partial charge in [-0.15, -0.1) is 0 Å². The van der Waals surface area contributed by atoms with Gasteiger partial charge in [-0.1, -0.05) is 6.07 Å². The largest absolute Gasteiger partial charge is 0.382 e. The van der Waals surface area contributed by atoms with Gasteiger partial charge >= 0.3 is 5.69 Å². The number of benzene rings is 1. The number of anilines is 2. The normalized spacial score (nSPS) is 17.2. The summed E-state index contributed by atoms with van der Waals surface area (Å²) >= 11 is 0. The van der Waals surface area contributed by atoms with Crippen LogP contribution >= 0.6 is 0 Å². The second-order valence-corrected chi connectivity index (χ2v) is 4.93. The van der Waals surface area contributed by atoms with Crippen LogP contribution in [0.5, 0.6) is 0 Å². The second kappa shape index (κ2) is 5.88. The number of rotatable bonds is 4. The Kier molecular flexibility index (Phi) is 4.21. The Morgan fingerprint density at radius 2 is 1.95 bits per heavy atom. The SMILES string of the molecule is CNc1cccc(NC2CCN(C)CC2)c1[N+](=O)[O-]. The van der Waals surface area contributed by atoms with Crippen molar-refractivity contribution in [1.29, 1.82) is 0 Å². The van der Waals surface area contributed by atoms with Crippen LogP contribution in [0.25, 0.3) is 0 Å². The van der Waals surface area contributed by atoms with E-state index in [9.17, 15) is 10.1 Å². The maximum atomic E-state index is 11.2. The fourth-order valence-electron chi connectivity index (χ4n) is 2.43. The first kappa shape index (κ1) is 13.6. The van der Waals surface area contributed by atoms with Gasteiger partial charge in [-0.25, -0.2) is 0 Å². The molecule has 0 unspecified atom stereocenters. The summed E-state index contributed by atoms with van der Waals surface area (Å²) < 4.78 is 0. The molecule has 1 heterocycles. The minimum absolute atomic E-state index is 0.129. The lowest BCUT2D eigenvalue weighted by molar-refractivity contribution is -0.383. The molecule has 0 saturated carbocycles. The van der Waals surface area contributed by atoms with Crippen LogP contribution in [0.1, 0.15) is 12.8 Å². The van der Waals surface area contributed by atoms with Gasteiger partial charge < -0.3 is 15.5 Å². The quantitative estimate of drug-likeness (QED) is 0.644. The zero-order chi connectivity index (χ0) is 13.8. The highest BCUT2D eigenvalue weighted by Crippen LogP contribution is 2.33. The summed E-state index contributed by atoms with van der Waals surface area (Å²) in [5.74, 6) is 0. The van der Waals surface area contributed by atoms with Crippen LogP contribution in [0.4, 0.5) is 17.1 Å². The number of nitrogens with one attached hydrogen (secondary N) is 2. The third-order valence-electron chi connectivity index (χ3n) is 3.57. The Morgan fingerprint density at radius 3 is 2.53 bits per heavy atom. The lowest BCUT2D eigenvalue weighted by atomic mass is 10.0. The summed E-state index contributed by atoms with van der Waals surface area (Å²) in [5.41, 5.74) is 1.28. The molecule has 2 rings (SSSR count). The van der Waals surface area contributed by atoms with E-state index in [0.29, 0.717) is 17.4 Å². The smallest absolute Gasteiger partial charge is 0.315 e. The Morgan fingerprint density at radius 1 is 1.32 bits per heavy atom. The number of para-hydroxylation sites is 1. The molecule has 1 aromatic rings. The van der Waals surface area contributed by atoms with Crippen molar-refractivity contribution in [2.24, 2.45) is 0 Å². The number of nitrogens with zero attached hydrogens (tertiary/aromatic N) is 2. The predicted molar refractivity (Wildman–Crippen MR) is 76.8 cm³/mol. The van der Waals surface area contributed by atoms with Crippen molar-refractivity contribution < 1.29 is 4.92 Å².